The summed E-state index contributed by atoms with van der Waals surface area (Å²) in [7, 11) is 1.60. The number of amides is 1. The first-order valence-corrected chi connectivity index (χ1v) is 6.34. The number of aromatic nitrogens is 2. The molecule has 0 aliphatic heterocycles. The highest BCUT2D eigenvalue weighted by molar-refractivity contribution is 5.91. The van der Waals surface area contributed by atoms with Crippen LogP contribution in [0.4, 0.5) is 5.69 Å². The van der Waals surface area contributed by atoms with Gasteiger partial charge in [0.25, 0.3) is 0 Å². The summed E-state index contributed by atoms with van der Waals surface area (Å²) in [5.41, 5.74) is 1.90. The number of benzene rings is 1. The van der Waals surface area contributed by atoms with Crippen LogP contribution in [0.5, 0.6) is 0 Å². The van der Waals surface area contributed by atoms with E-state index in [1.165, 1.54) is 0 Å². The number of rotatable bonds is 6. The highest BCUT2D eigenvalue weighted by Crippen LogP contribution is 2.09. The van der Waals surface area contributed by atoms with Crippen molar-refractivity contribution in [2.75, 3.05) is 19.0 Å². The van der Waals surface area contributed by atoms with Crippen molar-refractivity contribution in [1.29, 1.82) is 0 Å². The summed E-state index contributed by atoms with van der Waals surface area (Å²) in [4.78, 5) is 16.0. The van der Waals surface area contributed by atoms with Crippen molar-refractivity contribution in [3.8, 4) is 0 Å². The number of anilines is 1. The topological polar surface area (TPSA) is 77.2 Å². The molecule has 1 N–H and O–H groups in total. The molecule has 0 bridgehead atoms. The van der Waals surface area contributed by atoms with E-state index in [0.717, 1.165) is 11.3 Å². The lowest BCUT2D eigenvalue weighted by molar-refractivity contribution is -0.115. The standard InChI is InChI=1S/C14H17N3O3/c1-10-3-5-11(6-4-10)15-13(18)9-12-16-14(20-17-12)7-8-19-2/h3-6H,7-9H2,1-2H3,(H,15,18). The third-order valence-corrected chi connectivity index (χ3v) is 2.68. The molecule has 1 amide bonds. The highest BCUT2D eigenvalue weighted by Gasteiger charge is 2.11. The zero-order valence-electron chi connectivity index (χ0n) is 11.5. The fourth-order valence-corrected chi connectivity index (χ4v) is 1.64. The number of ether oxygens (including phenoxy) is 1. The van der Waals surface area contributed by atoms with E-state index in [1.807, 2.05) is 31.2 Å². The second-order valence-corrected chi connectivity index (χ2v) is 4.44. The van der Waals surface area contributed by atoms with Crippen LogP contribution in [0.25, 0.3) is 0 Å². The largest absolute Gasteiger partial charge is 0.384 e. The van der Waals surface area contributed by atoms with Crippen LogP contribution in [0.15, 0.2) is 28.8 Å². The molecule has 0 saturated heterocycles. The number of carbonyl (C=O) groups is 1. The molecule has 0 aliphatic carbocycles. The van der Waals surface area contributed by atoms with Crippen LogP contribution in [0.3, 0.4) is 0 Å². The lowest BCUT2D eigenvalue weighted by Gasteiger charge is -2.03. The number of hydrogen-bond acceptors (Lipinski definition) is 5. The van der Waals surface area contributed by atoms with Crippen molar-refractivity contribution in [3.63, 3.8) is 0 Å². The molecule has 6 nitrogen and oxygen atoms in total. The van der Waals surface area contributed by atoms with Crippen molar-refractivity contribution in [2.24, 2.45) is 0 Å². The van der Waals surface area contributed by atoms with Gasteiger partial charge in [0, 0.05) is 12.8 Å². The Balaban J connectivity index is 1.87. The lowest BCUT2D eigenvalue weighted by atomic mass is 10.2. The Labute approximate surface area is 117 Å². The van der Waals surface area contributed by atoms with Crippen LogP contribution in [-0.4, -0.2) is 29.8 Å². The van der Waals surface area contributed by atoms with Gasteiger partial charge in [0.05, 0.1) is 19.4 Å². The van der Waals surface area contributed by atoms with Crippen LogP contribution in [0.1, 0.15) is 17.3 Å². The summed E-state index contributed by atoms with van der Waals surface area (Å²) in [5.74, 6) is 0.679. The molecule has 0 atom stereocenters. The predicted molar refractivity (Wildman–Crippen MR) is 73.4 cm³/mol. The first-order chi connectivity index (χ1) is 9.67. The van der Waals surface area contributed by atoms with Gasteiger partial charge in [0.15, 0.2) is 5.82 Å². The minimum absolute atomic E-state index is 0.0877. The molecule has 1 aromatic heterocycles. The van der Waals surface area contributed by atoms with Gasteiger partial charge in [-0.1, -0.05) is 22.9 Å². The van der Waals surface area contributed by atoms with E-state index >= 15 is 0 Å². The minimum atomic E-state index is -0.173. The molecule has 0 saturated carbocycles. The molecule has 2 rings (SSSR count). The summed E-state index contributed by atoms with van der Waals surface area (Å²) in [5, 5.41) is 6.55. The Morgan fingerprint density at radius 2 is 2.10 bits per heavy atom. The Kier molecular flexibility index (Phi) is 4.84. The van der Waals surface area contributed by atoms with Crippen LogP contribution in [0, 0.1) is 6.92 Å². The summed E-state index contributed by atoms with van der Waals surface area (Å²) >= 11 is 0. The van der Waals surface area contributed by atoms with Gasteiger partial charge in [-0.3, -0.25) is 4.79 Å². The molecule has 20 heavy (non-hydrogen) atoms. The summed E-state index contributed by atoms with van der Waals surface area (Å²) in [6.07, 6.45) is 0.632. The van der Waals surface area contributed by atoms with Gasteiger partial charge >= 0.3 is 0 Å². The summed E-state index contributed by atoms with van der Waals surface area (Å²) < 4.78 is 9.93. The van der Waals surface area contributed by atoms with Crippen molar-refractivity contribution in [2.45, 2.75) is 19.8 Å². The van der Waals surface area contributed by atoms with Crippen LogP contribution < -0.4 is 5.32 Å². The van der Waals surface area contributed by atoms with Gasteiger partial charge in [-0.2, -0.15) is 4.98 Å². The Morgan fingerprint density at radius 1 is 1.35 bits per heavy atom. The van der Waals surface area contributed by atoms with E-state index in [1.54, 1.807) is 7.11 Å². The molecule has 0 unspecified atom stereocenters. The summed E-state index contributed by atoms with van der Waals surface area (Å²) in [6, 6.07) is 7.58. The van der Waals surface area contributed by atoms with Crippen LogP contribution in [0.2, 0.25) is 0 Å². The molecule has 6 heteroatoms. The minimum Gasteiger partial charge on any atom is -0.384 e. The maximum Gasteiger partial charge on any atom is 0.232 e. The Bertz CT molecular complexity index is 563. The molecular formula is C14H17N3O3. The third-order valence-electron chi connectivity index (χ3n) is 2.68. The molecule has 2 aromatic rings. The van der Waals surface area contributed by atoms with Gasteiger partial charge < -0.3 is 14.6 Å². The monoisotopic (exact) mass is 275 g/mol. The lowest BCUT2D eigenvalue weighted by Crippen LogP contribution is -2.15. The van der Waals surface area contributed by atoms with Crippen molar-refractivity contribution < 1.29 is 14.1 Å². The fourth-order valence-electron chi connectivity index (χ4n) is 1.64. The quantitative estimate of drug-likeness (QED) is 0.869. The normalized spacial score (nSPS) is 10.5. The molecule has 0 aliphatic rings. The number of methoxy groups -OCH3 is 1. The molecule has 106 valence electrons. The maximum absolute atomic E-state index is 11.8. The average Bonchev–Trinajstić information content (AvgIpc) is 2.86. The van der Waals surface area contributed by atoms with E-state index in [4.69, 9.17) is 9.26 Å². The van der Waals surface area contributed by atoms with Gasteiger partial charge in [0.2, 0.25) is 11.8 Å². The number of carbonyl (C=O) groups excluding carboxylic acids is 1. The SMILES string of the molecule is COCCc1nc(CC(=O)Nc2ccc(C)cc2)no1. The maximum atomic E-state index is 11.8. The number of nitrogens with one attached hydrogen (secondary N) is 1. The van der Waals surface area contributed by atoms with Crippen molar-refractivity contribution in [1.82, 2.24) is 10.1 Å². The highest BCUT2D eigenvalue weighted by atomic mass is 16.5. The van der Waals surface area contributed by atoms with Gasteiger partial charge in [-0.25, -0.2) is 0 Å². The van der Waals surface area contributed by atoms with Crippen molar-refractivity contribution in [3.05, 3.63) is 41.5 Å². The number of nitrogens with zero attached hydrogens (tertiary/aromatic N) is 2. The first kappa shape index (κ1) is 14.2. The number of hydrogen-bond donors (Lipinski definition) is 1. The third kappa shape index (κ3) is 4.17. The fraction of sp³-hybridized carbons (Fsp3) is 0.357. The summed E-state index contributed by atoms with van der Waals surface area (Å²) in [6.45, 7) is 2.50. The smallest absolute Gasteiger partial charge is 0.232 e. The van der Waals surface area contributed by atoms with E-state index < -0.39 is 0 Å². The Hall–Kier alpha value is -2.21. The molecule has 0 spiro atoms. The average molecular weight is 275 g/mol. The zero-order valence-corrected chi connectivity index (χ0v) is 11.5. The second kappa shape index (κ2) is 6.81. The number of aryl methyl sites for hydroxylation is 1. The van der Waals surface area contributed by atoms with Gasteiger partial charge in [0.1, 0.15) is 0 Å². The van der Waals surface area contributed by atoms with Crippen LogP contribution >= 0.6 is 0 Å². The molecular weight excluding hydrogens is 258 g/mol. The second-order valence-electron chi connectivity index (χ2n) is 4.44. The first-order valence-electron chi connectivity index (χ1n) is 6.34. The molecule has 1 heterocycles. The van der Waals surface area contributed by atoms with E-state index in [2.05, 4.69) is 15.5 Å². The Morgan fingerprint density at radius 3 is 2.80 bits per heavy atom. The zero-order chi connectivity index (χ0) is 14.4. The predicted octanol–water partition coefficient (Wildman–Crippen LogP) is 1.75. The van der Waals surface area contributed by atoms with E-state index in [-0.39, 0.29) is 12.3 Å². The molecule has 0 fully saturated rings. The molecule has 0 radical (unpaired) electrons. The molecule has 1 aromatic carbocycles. The van der Waals surface area contributed by atoms with Gasteiger partial charge in [-0.15, -0.1) is 0 Å². The van der Waals surface area contributed by atoms with Crippen molar-refractivity contribution >= 4 is 11.6 Å². The van der Waals surface area contributed by atoms with E-state index in [9.17, 15) is 4.79 Å². The van der Waals surface area contributed by atoms with Gasteiger partial charge in [-0.05, 0) is 19.1 Å². The van der Waals surface area contributed by atoms with E-state index in [0.29, 0.717) is 24.7 Å². The van der Waals surface area contributed by atoms with Crippen LogP contribution in [-0.2, 0) is 22.4 Å².